The third-order valence-electron chi connectivity index (χ3n) is 4.26. The molecule has 0 saturated carbocycles. The van der Waals surface area contributed by atoms with Gasteiger partial charge in [0.2, 0.25) is 0 Å². The van der Waals surface area contributed by atoms with Crippen LogP contribution in [0.3, 0.4) is 0 Å². The standard InChI is InChI=1S/C15H22N2O/c1-17-10-8-12-14(17)7-6-11(15(12)18-2)13-5-3-4-9-16-13/h6-7,13,16H,3-5,8-10H2,1-2H3. The van der Waals surface area contributed by atoms with Gasteiger partial charge in [-0.15, -0.1) is 0 Å². The number of benzene rings is 1. The van der Waals surface area contributed by atoms with E-state index in [0.717, 1.165) is 25.3 Å². The van der Waals surface area contributed by atoms with Crippen LogP contribution in [-0.4, -0.2) is 27.2 Å². The summed E-state index contributed by atoms with van der Waals surface area (Å²) in [6.45, 7) is 2.23. The van der Waals surface area contributed by atoms with Gasteiger partial charge >= 0.3 is 0 Å². The van der Waals surface area contributed by atoms with E-state index in [0.29, 0.717) is 6.04 Å². The van der Waals surface area contributed by atoms with Crippen LogP contribution >= 0.6 is 0 Å². The second-order valence-electron chi connectivity index (χ2n) is 5.36. The number of piperidine rings is 1. The minimum Gasteiger partial charge on any atom is -0.496 e. The van der Waals surface area contributed by atoms with Crippen LogP contribution in [0.15, 0.2) is 12.1 Å². The predicted octanol–water partition coefficient (Wildman–Crippen LogP) is 2.50. The zero-order valence-corrected chi connectivity index (χ0v) is 11.3. The molecule has 0 bridgehead atoms. The fourth-order valence-electron chi connectivity index (χ4n) is 3.27. The second-order valence-corrected chi connectivity index (χ2v) is 5.36. The van der Waals surface area contributed by atoms with Gasteiger partial charge in [0.15, 0.2) is 0 Å². The lowest BCUT2D eigenvalue weighted by Gasteiger charge is -2.26. The van der Waals surface area contributed by atoms with Crippen LogP contribution in [-0.2, 0) is 6.42 Å². The number of nitrogens with one attached hydrogen (secondary N) is 1. The van der Waals surface area contributed by atoms with Gasteiger partial charge < -0.3 is 15.0 Å². The number of hydrogen-bond acceptors (Lipinski definition) is 3. The van der Waals surface area contributed by atoms with Crippen molar-refractivity contribution >= 4 is 5.69 Å². The van der Waals surface area contributed by atoms with Crippen LogP contribution in [0.1, 0.15) is 36.4 Å². The fraction of sp³-hybridized carbons (Fsp3) is 0.600. The Kier molecular flexibility index (Phi) is 3.16. The third kappa shape index (κ3) is 1.87. The molecule has 3 heteroatoms. The maximum absolute atomic E-state index is 5.72. The van der Waals surface area contributed by atoms with E-state index in [4.69, 9.17) is 4.74 Å². The van der Waals surface area contributed by atoms with Crippen molar-refractivity contribution in [3.63, 3.8) is 0 Å². The topological polar surface area (TPSA) is 24.5 Å². The Morgan fingerprint density at radius 1 is 1.33 bits per heavy atom. The number of fused-ring (bicyclic) bond motifs is 1. The van der Waals surface area contributed by atoms with Gasteiger partial charge in [-0.1, -0.05) is 12.5 Å². The number of anilines is 1. The molecule has 1 unspecified atom stereocenters. The lowest BCUT2D eigenvalue weighted by molar-refractivity contribution is 0.371. The average molecular weight is 246 g/mol. The second kappa shape index (κ2) is 4.81. The first kappa shape index (κ1) is 11.8. The maximum atomic E-state index is 5.72. The molecule has 0 aromatic heterocycles. The van der Waals surface area contributed by atoms with Crippen LogP contribution in [0.4, 0.5) is 5.69 Å². The molecule has 98 valence electrons. The zero-order valence-electron chi connectivity index (χ0n) is 11.3. The monoisotopic (exact) mass is 246 g/mol. The van der Waals surface area contributed by atoms with Crippen LogP contribution in [0.25, 0.3) is 0 Å². The highest BCUT2D eigenvalue weighted by atomic mass is 16.5. The van der Waals surface area contributed by atoms with E-state index in [9.17, 15) is 0 Å². The average Bonchev–Trinajstić information content (AvgIpc) is 2.80. The fourth-order valence-corrected chi connectivity index (χ4v) is 3.27. The Hall–Kier alpha value is -1.22. The van der Waals surface area contributed by atoms with Gasteiger partial charge in [0.1, 0.15) is 5.75 Å². The molecule has 1 aromatic carbocycles. The summed E-state index contributed by atoms with van der Waals surface area (Å²) in [4.78, 5) is 2.32. The minimum atomic E-state index is 0.477. The Labute approximate surface area is 109 Å². The minimum absolute atomic E-state index is 0.477. The Morgan fingerprint density at radius 3 is 2.94 bits per heavy atom. The van der Waals surface area contributed by atoms with E-state index in [1.54, 1.807) is 7.11 Å². The van der Waals surface area contributed by atoms with Crippen molar-refractivity contribution in [1.29, 1.82) is 0 Å². The van der Waals surface area contributed by atoms with Crippen molar-refractivity contribution in [3.8, 4) is 5.75 Å². The summed E-state index contributed by atoms with van der Waals surface area (Å²) in [7, 11) is 3.96. The SMILES string of the molecule is COc1c(C2CCCCN2)ccc2c1CCN2C. The summed E-state index contributed by atoms with van der Waals surface area (Å²) in [6.07, 6.45) is 4.95. The molecule has 3 nitrogen and oxygen atoms in total. The molecular weight excluding hydrogens is 224 g/mol. The number of nitrogens with zero attached hydrogens (tertiary/aromatic N) is 1. The largest absolute Gasteiger partial charge is 0.496 e. The Balaban J connectivity index is 1.99. The quantitative estimate of drug-likeness (QED) is 0.867. The molecule has 0 radical (unpaired) electrons. The number of hydrogen-bond donors (Lipinski definition) is 1. The molecule has 3 rings (SSSR count). The van der Waals surface area contributed by atoms with E-state index in [1.807, 2.05) is 0 Å². The van der Waals surface area contributed by atoms with Crippen LogP contribution in [0.5, 0.6) is 5.75 Å². The molecule has 1 aromatic rings. The molecule has 2 aliphatic rings. The highest BCUT2D eigenvalue weighted by Gasteiger charge is 2.26. The van der Waals surface area contributed by atoms with E-state index >= 15 is 0 Å². The molecule has 2 aliphatic heterocycles. The van der Waals surface area contributed by atoms with Crippen molar-refractivity contribution in [2.45, 2.75) is 31.7 Å². The van der Waals surface area contributed by atoms with Crippen molar-refractivity contribution in [2.75, 3.05) is 32.1 Å². The molecule has 0 amide bonds. The maximum Gasteiger partial charge on any atom is 0.128 e. The van der Waals surface area contributed by atoms with Crippen molar-refractivity contribution in [2.24, 2.45) is 0 Å². The molecule has 0 spiro atoms. The first-order valence-corrected chi connectivity index (χ1v) is 6.95. The summed E-state index contributed by atoms with van der Waals surface area (Å²) >= 11 is 0. The van der Waals surface area contributed by atoms with Crippen LogP contribution < -0.4 is 15.0 Å². The van der Waals surface area contributed by atoms with E-state index in [2.05, 4.69) is 29.4 Å². The van der Waals surface area contributed by atoms with Gasteiger partial charge in [-0.05, 0) is 31.9 Å². The van der Waals surface area contributed by atoms with Gasteiger partial charge in [0.25, 0.3) is 0 Å². The first-order chi connectivity index (χ1) is 8.81. The molecule has 18 heavy (non-hydrogen) atoms. The predicted molar refractivity (Wildman–Crippen MR) is 74.6 cm³/mol. The molecule has 1 saturated heterocycles. The number of methoxy groups -OCH3 is 1. The van der Waals surface area contributed by atoms with Gasteiger partial charge in [-0.2, -0.15) is 0 Å². The first-order valence-electron chi connectivity index (χ1n) is 6.95. The summed E-state index contributed by atoms with van der Waals surface area (Å²) < 4.78 is 5.72. The van der Waals surface area contributed by atoms with Gasteiger partial charge in [-0.3, -0.25) is 0 Å². The van der Waals surface area contributed by atoms with E-state index in [1.165, 1.54) is 36.1 Å². The van der Waals surface area contributed by atoms with Gasteiger partial charge in [-0.25, -0.2) is 0 Å². The molecular formula is C15H22N2O. The smallest absolute Gasteiger partial charge is 0.128 e. The van der Waals surface area contributed by atoms with Crippen molar-refractivity contribution in [1.82, 2.24) is 5.32 Å². The summed E-state index contributed by atoms with van der Waals surface area (Å²) in [5.74, 6) is 1.12. The summed E-state index contributed by atoms with van der Waals surface area (Å²) in [6, 6.07) is 4.99. The molecule has 0 aliphatic carbocycles. The molecule has 1 N–H and O–H groups in total. The lowest BCUT2D eigenvalue weighted by atomic mass is 9.94. The van der Waals surface area contributed by atoms with Crippen LogP contribution in [0, 0.1) is 0 Å². The number of rotatable bonds is 2. The number of ether oxygens (including phenoxy) is 1. The lowest BCUT2D eigenvalue weighted by Crippen LogP contribution is -2.27. The van der Waals surface area contributed by atoms with Crippen LogP contribution in [0.2, 0.25) is 0 Å². The molecule has 2 heterocycles. The number of likely N-dealkylation sites (N-methyl/N-ethyl adjacent to an activating group) is 1. The Bertz CT molecular complexity index is 438. The van der Waals surface area contributed by atoms with Gasteiger partial charge in [0, 0.05) is 36.4 Å². The van der Waals surface area contributed by atoms with Gasteiger partial charge in [0.05, 0.1) is 7.11 Å². The van der Waals surface area contributed by atoms with Crippen molar-refractivity contribution in [3.05, 3.63) is 23.3 Å². The highest BCUT2D eigenvalue weighted by molar-refractivity contribution is 5.65. The summed E-state index contributed by atoms with van der Waals surface area (Å²) in [5.41, 5.74) is 4.09. The normalized spacial score (nSPS) is 23.0. The molecule has 1 atom stereocenters. The van der Waals surface area contributed by atoms with Crippen molar-refractivity contribution < 1.29 is 4.74 Å². The Morgan fingerprint density at radius 2 is 2.22 bits per heavy atom. The van der Waals surface area contributed by atoms with E-state index < -0.39 is 0 Å². The van der Waals surface area contributed by atoms with E-state index in [-0.39, 0.29) is 0 Å². The highest BCUT2D eigenvalue weighted by Crippen LogP contribution is 2.40. The molecule has 1 fully saturated rings. The third-order valence-corrected chi connectivity index (χ3v) is 4.26. The zero-order chi connectivity index (χ0) is 12.5. The summed E-state index contributed by atoms with van der Waals surface area (Å²) in [5, 5.41) is 3.62.